The van der Waals surface area contributed by atoms with Crippen molar-refractivity contribution < 1.29 is 0 Å². The van der Waals surface area contributed by atoms with Crippen LogP contribution in [0.5, 0.6) is 0 Å². The van der Waals surface area contributed by atoms with E-state index >= 15 is 0 Å². The predicted molar refractivity (Wildman–Crippen MR) is 74.3 cm³/mol. The van der Waals surface area contributed by atoms with E-state index in [-0.39, 0.29) is 6.04 Å². The molecule has 2 rings (SSSR count). The molecule has 94 valence electrons. The van der Waals surface area contributed by atoms with Gasteiger partial charge in [-0.05, 0) is 42.9 Å². The lowest BCUT2D eigenvalue weighted by molar-refractivity contribution is 0.321. The van der Waals surface area contributed by atoms with Gasteiger partial charge in [0.25, 0.3) is 0 Å². The van der Waals surface area contributed by atoms with Gasteiger partial charge in [-0.15, -0.1) is 0 Å². The summed E-state index contributed by atoms with van der Waals surface area (Å²) in [5.41, 5.74) is 8.57. The minimum Gasteiger partial charge on any atom is -0.374 e. The lowest BCUT2D eigenvalue weighted by Crippen LogP contribution is -2.29. The molecule has 1 saturated carbocycles. The molecule has 0 bridgehead atoms. The van der Waals surface area contributed by atoms with Gasteiger partial charge in [-0.3, -0.25) is 0 Å². The van der Waals surface area contributed by atoms with E-state index in [0.29, 0.717) is 0 Å². The summed E-state index contributed by atoms with van der Waals surface area (Å²) in [5.74, 6) is 0.914. The van der Waals surface area contributed by atoms with Crippen LogP contribution in [0.1, 0.15) is 44.2 Å². The molecule has 1 fully saturated rings. The van der Waals surface area contributed by atoms with Gasteiger partial charge in [0.2, 0.25) is 0 Å². The van der Waals surface area contributed by atoms with Crippen LogP contribution in [0, 0.1) is 5.92 Å². The highest BCUT2D eigenvalue weighted by molar-refractivity contribution is 5.47. The molecular weight excluding hydrogens is 208 g/mol. The molecule has 1 atom stereocenters. The van der Waals surface area contributed by atoms with Crippen molar-refractivity contribution in [2.24, 2.45) is 11.7 Å². The van der Waals surface area contributed by atoms with Gasteiger partial charge in [0.05, 0.1) is 0 Å². The first-order valence-corrected chi connectivity index (χ1v) is 6.77. The van der Waals surface area contributed by atoms with Gasteiger partial charge in [0, 0.05) is 25.3 Å². The Morgan fingerprint density at radius 2 is 1.94 bits per heavy atom. The summed E-state index contributed by atoms with van der Waals surface area (Å²) in [6.07, 6.45) is 5.23. The van der Waals surface area contributed by atoms with E-state index < -0.39 is 0 Å². The maximum absolute atomic E-state index is 6.02. The van der Waals surface area contributed by atoms with Crippen molar-refractivity contribution in [1.29, 1.82) is 0 Å². The third-order valence-electron chi connectivity index (χ3n) is 3.96. The molecule has 0 aliphatic heterocycles. The second kappa shape index (κ2) is 5.54. The van der Waals surface area contributed by atoms with Crippen molar-refractivity contribution >= 4 is 5.69 Å². The first-order valence-electron chi connectivity index (χ1n) is 6.77. The second-order valence-electron chi connectivity index (χ2n) is 5.28. The van der Waals surface area contributed by atoms with E-state index in [1.807, 2.05) is 0 Å². The summed E-state index contributed by atoms with van der Waals surface area (Å²) < 4.78 is 0. The van der Waals surface area contributed by atoms with E-state index in [9.17, 15) is 0 Å². The van der Waals surface area contributed by atoms with Crippen LogP contribution < -0.4 is 10.6 Å². The van der Waals surface area contributed by atoms with E-state index in [1.165, 1.54) is 37.1 Å². The molecule has 0 radical (unpaired) electrons. The van der Waals surface area contributed by atoms with Crippen molar-refractivity contribution in [3.8, 4) is 0 Å². The van der Waals surface area contributed by atoms with Crippen LogP contribution in [0.4, 0.5) is 5.69 Å². The average Bonchev–Trinajstić information content (AvgIpc) is 2.32. The monoisotopic (exact) mass is 232 g/mol. The molecule has 0 amide bonds. The van der Waals surface area contributed by atoms with Crippen LogP contribution in [0.15, 0.2) is 24.3 Å². The fourth-order valence-corrected chi connectivity index (χ4v) is 2.38. The summed E-state index contributed by atoms with van der Waals surface area (Å²) in [5, 5.41) is 0. The molecule has 2 heteroatoms. The Bertz CT molecular complexity index is 340. The van der Waals surface area contributed by atoms with Gasteiger partial charge in [0.15, 0.2) is 0 Å². The van der Waals surface area contributed by atoms with E-state index in [1.54, 1.807) is 0 Å². The third-order valence-corrected chi connectivity index (χ3v) is 3.96. The standard InChI is InChI=1S/C15H24N2/c1-3-15(16)13-7-9-14(10-8-13)17(2)11-12-5-4-6-12/h7-10,12,15H,3-6,11,16H2,1-2H3/t15-/m0/s1. The Kier molecular flexibility index (Phi) is 4.06. The van der Waals surface area contributed by atoms with Gasteiger partial charge in [-0.2, -0.15) is 0 Å². The smallest absolute Gasteiger partial charge is 0.0363 e. The van der Waals surface area contributed by atoms with Crippen LogP contribution in [0.2, 0.25) is 0 Å². The largest absolute Gasteiger partial charge is 0.374 e. The van der Waals surface area contributed by atoms with Gasteiger partial charge < -0.3 is 10.6 Å². The number of nitrogens with zero attached hydrogens (tertiary/aromatic N) is 1. The molecule has 17 heavy (non-hydrogen) atoms. The SMILES string of the molecule is CC[C@H](N)c1ccc(N(C)CC2CCC2)cc1. The van der Waals surface area contributed by atoms with Crippen LogP contribution in [0.3, 0.4) is 0 Å². The Balaban J connectivity index is 1.96. The summed E-state index contributed by atoms with van der Waals surface area (Å²) in [6.45, 7) is 3.32. The summed E-state index contributed by atoms with van der Waals surface area (Å²) >= 11 is 0. The number of benzene rings is 1. The maximum atomic E-state index is 6.02. The van der Waals surface area contributed by atoms with Gasteiger partial charge in [-0.25, -0.2) is 0 Å². The number of anilines is 1. The normalized spacial score (nSPS) is 17.6. The van der Waals surface area contributed by atoms with Crippen LogP contribution in [0.25, 0.3) is 0 Å². The summed E-state index contributed by atoms with van der Waals surface area (Å²) in [4.78, 5) is 2.37. The molecule has 0 saturated heterocycles. The molecule has 1 aromatic carbocycles. The molecule has 2 N–H and O–H groups in total. The zero-order chi connectivity index (χ0) is 12.3. The highest BCUT2D eigenvalue weighted by Gasteiger charge is 2.19. The second-order valence-corrected chi connectivity index (χ2v) is 5.28. The molecule has 2 nitrogen and oxygen atoms in total. The number of nitrogens with two attached hydrogens (primary N) is 1. The third kappa shape index (κ3) is 3.01. The molecule has 0 unspecified atom stereocenters. The molecular formula is C15H24N2. The lowest BCUT2D eigenvalue weighted by atomic mass is 9.85. The molecule has 0 aromatic heterocycles. The van der Waals surface area contributed by atoms with Crippen LogP contribution >= 0.6 is 0 Å². The minimum atomic E-state index is 0.181. The first-order chi connectivity index (χ1) is 8.20. The molecule has 0 heterocycles. The van der Waals surface area contributed by atoms with Crippen LogP contribution in [-0.2, 0) is 0 Å². The fraction of sp³-hybridized carbons (Fsp3) is 0.600. The Morgan fingerprint density at radius 3 is 2.41 bits per heavy atom. The quantitative estimate of drug-likeness (QED) is 0.843. The Hall–Kier alpha value is -1.02. The zero-order valence-corrected chi connectivity index (χ0v) is 11.0. The predicted octanol–water partition coefficient (Wildman–Crippen LogP) is 3.33. The minimum absolute atomic E-state index is 0.181. The van der Waals surface area contributed by atoms with Gasteiger partial charge in [0.1, 0.15) is 0 Å². The summed E-state index contributed by atoms with van der Waals surface area (Å²) in [6, 6.07) is 8.91. The Morgan fingerprint density at radius 1 is 1.29 bits per heavy atom. The molecule has 0 spiro atoms. The number of hydrogen-bond acceptors (Lipinski definition) is 2. The molecule has 1 aliphatic carbocycles. The van der Waals surface area contributed by atoms with Crippen molar-refractivity contribution in [3.63, 3.8) is 0 Å². The molecule has 1 aliphatic rings. The molecule has 1 aromatic rings. The fourth-order valence-electron chi connectivity index (χ4n) is 2.38. The average molecular weight is 232 g/mol. The van der Waals surface area contributed by atoms with Crippen molar-refractivity contribution in [2.45, 2.75) is 38.6 Å². The highest BCUT2D eigenvalue weighted by Crippen LogP contribution is 2.28. The van der Waals surface area contributed by atoms with Crippen LogP contribution in [-0.4, -0.2) is 13.6 Å². The summed E-state index contributed by atoms with van der Waals surface area (Å²) in [7, 11) is 2.19. The maximum Gasteiger partial charge on any atom is 0.0363 e. The number of rotatable bonds is 5. The van der Waals surface area contributed by atoms with Gasteiger partial charge >= 0.3 is 0 Å². The highest BCUT2D eigenvalue weighted by atomic mass is 15.1. The first kappa shape index (κ1) is 12.4. The number of hydrogen-bond donors (Lipinski definition) is 1. The lowest BCUT2D eigenvalue weighted by Gasteiger charge is -2.31. The topological polar surface area (TPSA) is 29.3 Å². The zero-order valence-electron chi connectivity index (χ0n) is 11.0. The van der Waals surface area contributed by atoms with Gasteiger partial charge in [-0.1, -0.05) is 25.5 Å². The Labute approximate surface area is 105 Å². The van der Waals surface area contributed by atoms with E-state index in [2.05, 4.69) is 43.1 Å². The van der Waals surface area contributed by atoms with E-state index in [4.69, 9.17) is 5.73 Å². The van der Waals surface area contributed by atoms with E-state index in [0.717, 1.165) is 12.3 Å². The van der Waals surface area contributed by atoms with Crippen molar-refractivity contribution in [3.05, 3.63) is 29.8 Å². The van der Waals surface area contributed by atoms with Crippen molar-refractivity contribution in [1.82, 2.24) is 0 Å². The van der Waals surface area contributed by atoms with Crippen molar-refractivity contribution in [2.75, 3.05) is 18.5 Å².